The Labute approximate surface area is 152 Å². The molecule has 8 heteroatoms. The third-order valence-electron chi connectivity index (χ3n) is 4.32. The summed E-state index contributed by atoms with van der Waals surface area (Å²) >= 11 is 0. The number of nitrogens with one attached hydrogen (secondary N) is 1. The monoisotopic (exact) mass is 376 g/mol. The van der Waals surface area contributed by atoms with E-state index in [9.17, 15) is 18.0 Å². The van der Waals surface area contributed by atoms with Crippen molar-refractivity contribution < 1.29 is 22.7 Å². The van der Waals surface area contributed by atoms with Gasteiger partial charge < -0.3 is 9.72 Å². The number of benzene rings is 1. The summed E-state index contributed by atoms with van der Waals surface area (Å²) in [6, 6.07) is 10.4. The van der Waals surface area contributed by atoms with Gasteiger partial charge in [-0.3, -0.25) is 9.59 Å². The molecule has 0 unspecified atom stereocenters. The Morgan fingerprint density at radius 2 is 1.88 bits per heavy atom. The molecule has 1 aliphatic heterocycles. The molecule has 3 rings (SSSR count). The molecule has 0 amide bonds. The molecule has 0 spiro atoms. The summed E-state index contributed by atoms with van der Waals surface area (Å²) in [4.78, 5) is 27.3. The number of sulfonamides is 1. The second-order valence-corrected chi connectivity index (χ2v) is 7.95. The number of ketones is 1. The zero-order valence-corrected chi connectivity index (χ0v) is 14.9. The van der Waals surface area contributed by atoms with E-state index in [1.807, 2.05) is 0 Å². The van der Waals surface area contributed by atoms with Crippen LogP contribution >= 0.6 is 0 Å². The van der Waals surface area contributed by atoms with Crippen molar-refractivity contribution in [1.82, 2.24) is 9.29 Å². The molecule has 0 saturated carbocycles. The van der Waals surface area contributed by atoms with Gasteiger partial charge in [0.2, 0.25) is 15.8 Å². The van der Waals surface area contributed by atoms with Crippen molar-refractivity contribution in [2.45, 2.75) is 30.2 Å². The molecule has 1 fully saturated rings. The molecule has 1 aliphatic rings. The van der Waals surface area contributed by atoms with Crippen LogP contribution in [0.4, 0.5) is 0 Å². The van der Waals surface area contributed by atoms with Gasteiger partial charge in [-0.2, -0.15) is 4.31 Å². The van der Waals surface area contributed by atoms with Gasteiger partial charge in [-0.1, -0.05) is 18.2 Å². The normalized spacial score (nSPS) is 18.4. The molecular weight excluding hydrogens is 356 g/mol. The van der Waals surface area contributed by atoms with Crippen molar-refractivity contribution in [3.8, 4) is 0 Å². The quantitative estimate of drug-likeness (QED) is 0.614. The van der Waals surface area contributed by atoms with Crippen molar-refractivity contribution in [2.24, 2.45) is 0 Å². The largest absolute Gasteiger partial charge is 0.456 e. The Morgan fingerprint density at radius 1 is 1.12 bits per heavy atom. The Morgan fingerprint density at radius 3 is 2.58 bits per heavy atom. The van der Waals surface area contributed by atoms with Crippen LogP contribution in [-0.4, -0.2) is 48.7 Å². The first kappa shape index (κ1) is 18.3. The van der Waals surface area contributed by atoms with Crippen LogP contribution in [0.25, 0.3) is 0 Å². The molecule has 0 aliphatic carbocycles. The molecule has 2 heterocycles. The first-order valence-corrected chi connectivity index (χ1v) is 9.84. The van der Waals surface area contributed by atoms with Gasteiger partial charge in [0.1, 0.15) is 6.04 Å². The highest BCUT2D eigenvalue weighted by Gasteiger charge is 2.38. The number of rotatable bonds is 6. The first-order valence-electron chi connectivity index (χ1n) is 8.40. The zero-order valence-electron chi connectivity index (χ0n) is 14.1. The molecule has 1 aromatic heterocycles. The summed E-state index contributed by atoms with van der Waals surface area (Å²) in [5.74, 6) is -1.05. The number of hydrogen-bond acceptors (Lipinski definition) is 5. The van der Waals surface area contributed by atoms with E-state index in [4.69, 9.17) is 4.74 Å². The maximum atomic E-state index is 12.9. The number of aromatic nitrogens is 1. The Bertz CT molecular complexity index is 862. The van der Waals surface area contributed by atoms with Gasteiger partial charge in [0.25, 0.3) is 0 Å². The molecule has 0 radical (unpaired) electrons. The van der Waals surface area contributed by atoms with Crippen LogP contribution in [0, 0.1) is 0 Å². The van der Waals surface area contributed by atoms with Gasteiger partial charge in [0, 0.05) is 12.7 Å². The second kappa shape index (κ2) is 7.84. The van der Waals surface area contributed by atoms with E-state index in [-0.39, 0.29) is 17.2 Å². The zero-order chi connectivity index (χ0) is 18.6. The number of ether oxygens (including phenoxy) is 1. The highest BCUT2D eigenvalue weighted by molar-refractivity contribution is 7.89. The summed E-state index contributed by atoms with van der Waals surface area (Å²) < 4.78 is 32.0. The van der Waals surface area contributed by atoms with Crippen LogP contribution in [0.5, 0.6) is 0 Å². The SMILES string of the molecule is O=C(COC(=O)[C@@H]1CCCCN1S(=O)(=O)c1ccccc1)c1ccc[nH]1. The van der Waals surface area contributed by atoms with Gasteiger partial charge in [-0.05, 0) is 43.5 Å². The maximum absolute atomic E-state index is 12.9. The fraction of sp³-hybridized carbons (Fsp3) is 0.333. The lowest BCUT2D eigenvalue weighted by atomic mass is 10.1. The van der Waals surface area contributed by atoms with Gasteiger partial charge in [0.05, 0.1) is 10.6 Å². The summed E-state index contributed by atoms with van der Waals surface area (Å²) in [6.07, 6.45) is 3.38. The van der Waals surface area contributed by atoms with Crippen molar-refractivity contribution in [3.05, 3.63) is 54.4 Å². The first-order chi connectivity index (χ1) is 12.5. The van der Waals surface area contributed by atoms with Gasteiger partial charge in [-0.25, -0.2) is 8.42 Å². The summed E-state index contributed by atoms with van der Waals surface area (Å²) in [7, 11) is -3.80. The molecule has 7 nitrogen and oxygen atoms in total. The van der Waals surface area contributed by atoms with Crippen LogP contribution in [0.1, 0.15) is 29.8 Å². The van der Waals surface area contributed by atoms with E-state index in [1.54, 1.807) is 36.5 Å². The standard InChI is InChI=1S/C18H20N2O5S/c21-17(15-9-6-11-19-15)13-25-18(22)16-10-4-5-12-20(16)26(23,24)14-7-2-1-3-8-14/h1-3,6-9,11,16,19H,4-5,10,12-13H2/t16-/m0/s1. The fourth-order valence-electron chi connectivity index (χ4n) is 2.97. The number of piperidine rings is 1. The van der Waals surface area contributed by atoms with Gasteiger partial charge >= 0.3 is 5.97 Å². The van der Waals surface area contributed by atoms with Crippen LogP contribution in [0.3, 0.4) is 0 Å². The number of carbonyl (C=O) groups excluding carboxylic acids is 2. The highest BCUT2D eigenvalue weighted by Crippen LogP contribution is 2.26. The molecule has 1 saturated heterocycles. The minimum atomic E-state index is -3.80. The number of nitrogens with zero attached hydrogens (tertiary/aromatic N) is 1. The van der Waals surface area contributed by atoms with Crippen LogP contribution in [0.15, 0.2) is 53.6 Å². The summed E-state index contributed by atoms with van der Waals surface area (Å²) in [6.45, 7) is -0.170. The van der Waals surface area contributed by atoms with E-state index < -0.39 is 28.6 Å². The van der Waals surface area contributed by atoms with E-state index in [0.29, 0.717) is 18.5 Å². The lowest BCUT2D eigenvalue weighted by molar-refractivity contribution is -0.148. The number of aromatic amines is 1. The lowest BCUT2D eigenvalue weighted by Crippen LogP contribution is -2.48. The third kappa shape index (κ3) is 3.86. The molecular formula is C18H20N2O5S. The van der Waals surface area contributed by atoms with Gasteiger partial charge in [0.15, 0.2) is 6.61 Å². The lowest BCUT2D eigenvalue weighted by Gasteiger charge is -2.32. The summed E-state index contributed by atoms with van der Waals surface area (Å²) in [5.41, 5.74) is 0.343. The number of H-pyrrole nitrogens is 1. The van der Waals surface area contributed by atoms with E-state index >= 15 is 0 Å². The van der Waals surface area contributed by atoms with Crippen molar-refractivity contribution in [3.63, 3.8) is 0 Å². The predicted molar refractivity (Wildman–Crippen MR) is 94.1 cm³/mol. The Hall–Kier alpha value is -2.45. The minimum Gasteiger partial charge on any atom is -0.456 e. The van der Waals surface area contributed by atoms with Crippen molar-refractivity contribution >= 4 is 21.8 Å². The Kier molecular flexibility index (Phi) is 5.53. The molecule has 1 atom stereocenters. The number of carbonyl (C=O) groups is 2. The minimum absolute atomic E-state index is 0.141. The smallest absolute Gasteiger partial charge is 0.324 e. The molecule has 0 bridgehead atoms. The number of hydrogen-bond donors (Lipinski definition) is 1. The van der Waals surface area contributed by atoms with Crippen molar-refractivity contribution in [1.29, 1.82) is 0 Å². The molecule has 26 heavy (non-hydrogen) atoms. The van der Waals surface area contributed by atoms with Crippen LogP contribution < -0.4 is 0 Å². The molecule has 2 aromatic rings. The molecule has 1 N–H and O–H groups in total. The summed E-state index contributed by atoms with van der Waals surface area (Å²) in [5, 5.41) is 0. The van der Waals surface area contributed by atoms with E-state index in [2.05, 4.69) is 4.98 Å². The van der Waals surface area contributed by atoms with Crippen LogP contribution in [-0.2, 0) is 19.6 Å². The average molecular weight is 376 g/mol. The fourth-order valence-corrected chi connectivity index (χ4v) is 4.64. The highest BCUT2D eigenvalue weighted by atomic mass is 32.2. The third-order valence-corrected chi connectivity index (χ3v) is 6.24. The number of Topliss-reactive ketones (excluding diaryl/α,β-unsaturated/α-hetero) is 1. The topological polar surface area (TPSA) is 96.5 Å². The maximum Gasteiger partial charge on any atom is 0.324 e. The number of esters is 1. The second-order valence-electron chi connectivity index (χ2n) is 6.06. The van der Waals surface area contributed by atoms with Crippen LogP contribution in [0.2, 0.25) is 0 Å². The van der Waals surface area contributed by atoms with Crippen molar-refractivity contribution in [2.75, 3.05) is 13.2 Å². The van der Waals surface area contributed by atoms with E-state index in [0.717, 1.165) is 6.42 Å². The van der Waals surface area contributed by atoms with E-state index in [1.165, 1.54) is 16.4 Å². The predicted octanol–water partition coefficient (Wildman–Crippen LogP) is 1.98. The molecule has 138 valence electrons. The Balaban J connectivity index is 1.72. The molecule has 1 aromatic carbocycles. The average Bonchev–Trinajstić information content (AvgIpc) is 3.21. The van der Waals surface area contributed by atoms with Gasteiger partial charge in [-0.15, -0.1) is 0 Å².